The number of rotatable bonds is 3. The summed E-state index contributed by atoms with van der Waals surface area (Å²) in [6.45, 7) is 0. The van der Waals surface area contributed by atoms with Gasteiger partial charge in [0.1, 0.15) is 5.75 Å². The number of hydrogen-bond acceptors (Lipinski definition) is 1. The number of ether oxygens (including phenoxy) is 1. The Balaban J connectivity index is 1.77. The smallest absolute Gasteiger partial charge is 0.118 e. The second-order valence-electron chi connectivity index (χ2n) is 6.94. The molecule has 1 aliphatic carbocycles. The van der Waals surface area contributed by atoms with Crippen molar-refractivity contribution in [3.05, 3.63) is 102 Å². The first-order chi connectivity index (χ1) is 13.3. The largest absolute Gasteiger partial charge is 0.497 e. The molecule has 0 unspecified atom stereocenters. The molecule has 130 valence electrons. The zero-order valence-corrected chi connectivity index (χ0v) is 15.3. The summed E-state index contributed by atoms with van der Waals surface area (Å²) in [5.74, 6) is 0.885. The van der Waals surface area contributed by atoms with Crippen LogP contribution in [0.5, 0.6) is 5.75 Å². The minimum Gasteiger partial charge on any atom is -0.497 e. The SMILES string of the molecule is COc1ccc(-c2c(-c3ccccc3)ccc3c2Cc2ccccc2-3)cc1. The molecule has 27 heavy (non-hydrogen) atoms. The molecule has 1 heteroatoms. The van der Waals surface area contributed by atoms with Crippen molar-refractivity contribution < 1.29 is 4.74 Å². The van der Waals surface area contributed by atoms with Gasteiger partial charge in [-0.25, -0.2) is 0 Å². The van der Waals surface area contributed by atoms with Crippen molar-refractivity contribution in [1.82, 2.24) is 0 Å². The summed E-state index contributed by atoms with van der Waals surface area (Å²) in [6, 6.07) is 32.4. The van der Waals surface area contributed by atoms with Crippen LogP contribution in [0.2, 0.25) is 0 Å². The Morgan fingerprint density at radius 2 is 1.30 bits per heavy atom. The fourth-order valence-corrected chi connectivity index (χ4v) is 4.16. The van der Waals surface area contributed by atoms with Gasteiger partial charge in [-0.2, -0.15) is 0 Å². The summed E-state index contributed by atoms with van der Waals surface area (Å²) in [7, 11) is 1.71. The second-order valence-corrected chi connectivity index (χ2v) is 6.94. The van der Waals surface area contributed by atoms with Gasteiger partial charge in [0.2, 0.25) is 0 Å². The van der Waals surface area contributed by atoms with Crippen molar-refractivity contribution in [2.45, 2.75) is 6.42 Å². The Bertz CT molecular complexity index is 1110. The average Bonchev–Trinajstić information content (AvgIpc) is 3.12. The van der Waals surface area contributed by atoms with Crippen molar-refractivity contribution in [2.75, 3.05) is 7.11 Å². The molecule has 0 aromatic heterocycles. The first-order valence-electron chi connectivity index (χ1n) is 9.29. The lowest BCUT2D eigenvalue weighted by molar-refractivity contribution is 0.415. The average molecular weight is 348 g/mol. The Hall–Kier alpha value is -3.32. The van der Waals surface area contributed by atoms with Crippen LogP contribution in [0.25, 0.3) is 33.4 Å². The Morgan fingerprint density at radius 1 is 0.593 bits per heavy atom. The minimum absolute atomic E-state index is 0.885. The van der Waals surface area contributed by atoms with E-state index < -0.39 is 0 Å². The third-order valence-corrected chi connectivity index (χ3v) is 5.45. The van der Waals surface area contributed by atoms with E-state index in [4.69, 9.17) is 4.74 Å². The first-order valence-corrected chi connectivity index (χ1v) is 9.29. The van der Waals surface area contributed by atoms with Crippen LogP contribution in [0.15, 0.2) is 91.0 Å². The van der Waals surface area contributed by atoms with Crippen molar-refractivity contribution in [3.8, 4) is 39.1 Å². The van der Waals surface area contributed by atoms with Gasteiger partial charge in [0.15, 0.2) is 0 Å². The maximum Gasteiger partial charge on any atom is 0.118 e. The monoisotopic (exact) mass is 348 g/mol. The summed E-state index contributed by atoms with van der Waals surface area (Å²) in [5, 5.41) is 0. The molecule has 4 aromatic carbocycles. The highest BCUT2D eigenvalue weighted by atomic mass is 16.5. The predicted octanol–water partition coefficient (Wildman–Crippen LogP) is 6.60. The summed E-state index contributed by atoms with van der Waals surface area (Å²) >= 11 is 0. The van der Waals surface area contributed by atoms with Gasteiger partial charge in [-0.15, -0.1) is 0 Å². The normalized spacial score (nSPS) is 11.7. The fourth-order valence-electron chi connectivity index (χ4n) is 4.16. The predicted molar refractivity (Wildman–Crippen MR) is 112 cm³/mol. The van der Waals surface area contributed by atoms with Crippen LogP contribution in [0.3, 0.4) is 0 Å². The summed E-state index contributed by atoms with van der Waals surface area (Å²) < 4.78 is 5.36. The van der Waals surface area contributed by atoms with E-state index in [0.717, 1.165) is 12.2 Å². The third kappa shape index (κ3) is 2.63. The topological polar surface area (TPSA) is 9.23 Å². The molecule has 0 atom stereocenters. The highest BCUT2D eigenvalue weighted by Crippen LogP contribution is 2.45. The number of benzene rings is 4. The van der Waals surface area contributed by atoms with Crippen LogP contribution in [-0.2, 0) is 6.42 Å². The van der Waals surface area contributed by atoms with E-state index in [2.05, 4.69) is 78.9 Å². The molecule has 0 saturated carbocycles. The van der Waals surface area contributed by atoms with Gasteiger partial charge in [0.05, 0.1) is 7.11 Å². The molecule has 4 aromatic rings. The van der Waals surface area contributed by atoms with Crippen LogP contribution in [0.1, 0.15) is 11.1 Å². The highest BCUT2D eigenvalue weighted by Gasteiger charge is 2.24. The van der Waals surface area contributed by atoms with E-state index in [1.165, 1.54) is 44.5 Å². The molecule has 0 heterocycles. The summed E-state index contributed by atoms with van der Waals surface area (Å²) in [5.41, 5.74) is 10.7. The van der Waals surface area contributed by atoms with Gasteiger partial charge in [0, 0.05) is 0 Å². The van der Waals surface area contributed by atoms with Crippen LogP contribution in [-0.4, -0.2) is 7.11 Å². The maximum absolute atomic E-state index is 5.36. The van der Waals surface area contributed by atoms with Gasteiger partial charge < -0.3 is 4.74 Å². The van der Waals surface area contributed by atoms with E-state index >= 15 is 0 Å². The first kappa shape index (κ1) is 15.9. The molecule has 0 saturated heterocycles. The second kappa shape index (κ2) is 6.44. The molecule has 0 aliphatic heterocycles. The fraction of sp³-hybridized carbons (Fsp3) is 0.0769. The van der Waals surface area contributed by atoms with E-state index in [0.29, 0.717) is 0 Å². The van der Waals surface area contributed by atoms with Crippen LogP contribution in [0, 0.1) is 0 Å². The van der Waals surface area contributed by atoms with Crippen LogP contribution in [0.4, 0.5) is 0 Å². The zero-order valence-electron chi connectivity index (χ0n) is 15.3. The minimum atomic E-state index is 0.885. The molecule has 0 spiro atoms. The molecular weight excluding hydrogens is 328 g/mol. The van der Waals surface area contributed by atoms with Crippen LogP contribution >= 0.6 is 0 Å². The summed E-state index contributed by atoms with van der Waals surface area (Å²) in [6.07, 6.45) is 0.980. The maximum atomic E-state index is 5.36. The molecule has 0 bridgehead atoms. The Labute approximate surface area is 159 Å². The molecular formula is C26H20O. The Kier molecular flexibility index (Phi) is 3.79. The molecule has 5 rings (SSSR count). The molecule has 0 amide bonds. The lowest BCUT2D eigenvalue weighted by Crippen LogP contribution is -1.93. The van der Waals surface area contributed by atoms with E-state index in [9.17, 15) is 0 Å². The van der Waals surface area contributed by atoms with Gasteiger partial charge in [0.25, 0.3) is 0 Å². The molecule has 1 aliphatic rings. The molecule has 1 nitrogen and oxygen atoms in total. The molecule has 0 radical (unpaired) electrons. The van der Waals surface area contributed by atoms with E-state index in [1.54, 1.807) is 7.11 Å². The van der Waals surface area contributed by atoms with Crippen molar-refractivity contribution >= 4 is 0 Å². The van der Waals surface area contributed by atoms with Crippen LogP contribution < -0.4 is 4.74 Å². The quantitative estimate of drug-likeness (QED) is 0.357. The van der Waals surface area contributed by atoms with E-state index in [1.807, 2.05) is 12.1 Å². The number of hydrogen-bond donors (Lipinski definition) is 0. The zero-order chi connectivity index (χ0) is 18.2. The lowest BCUT2D eigenvalue weighted by atomic mass is 9.88. The number of methoxy groups -OCH3 is 1. The van der Waals surface area contributed by atoms with Crippen molar-refractivity contribution in [2.24, 2.45) is 0 Å². The molecule has 0 N–H and O–H groups in total. The standard InChI is InChI=1S/C26H20O/c1-27-21-13-11-19(12-14-21)26-23(18-7-3-2-4-8-18)15-16-24-22-10-6-5-9-20(22)17-25(24)26/h2-16H,17H2,1H3. The van der Waals surface area contributed by atoms with Gasteiger partial charge in [-0.1, -0.05) is 78.9 Å². The van der Waals surface area contributed by atoms with Gasteiger partial charge in [-0.05, 0) is 63.1 Å². The van der Waals surface area contributed by atoms with Crippen molar-refractivity contribution in [1.29, 1.82) is 0 Å². The Morgan fingerprint density at radius 3 is 2.07 bits per heavy atom. The van der Waals surface area contributed by atoms with E-state index in [-0.39, 0.29) is 0 Å². The van der Waals surface area contributed by atoms with Crippen molar-refractivity contribution in [3.63, 3.8) is 0 Å². The third-order valence-electron chi connectivity index (χ3n) is 5.45. The highest BCUT2D eigenvalue weighted by molar-refractivity contribution is 5.93. The van der Waals surface area contributed by atoms with Gasteiger partial charge >= 0.3 is 0 Å². The van der Waals surface area contributed by atoms with Gasteiger partial charge in [-0.3, -0.25) is 0 Å². The number of fused-ring (bicyclic) bond motifs is 3. The lowest BCUT2D eigenvalue weighted by Gasteiger charge is -2.16. The molecule has 0 fully saturated rings. The summed E-state index contributed by atoms with van der Waals surface area (Å²) in [4.78, 5) is 0.